The first-order valence-corrected chi connectivity index (χ1v) is 11.0. The molecule has 2 aliphatic carbocycles. The van der Waals surface area contributed by atoms with Crippen molar-refractivity contribution >= 4 is 17.3 Å². The van der Waals surface area contributed by atoms with Crippen molar-refractivity contribution in [3.05, 3.63) is 69.8 Å². The molecule has 6 N–H and O–H groups in total. The van der Waals surface area contributed by atoms with Crippen LogP contribution in [0.25, 0.3) is 0 Å². The third kappa shape index (κ3) is 3.22. The number of phenols is 1. The first kappa shape index (κ1) is 21.9. The minimum atomic E-state index is -1.21. The third-order valence-corrected chi connectivity index (χ3v) is 6.68. The van der Waals surface area contributed by atoms with Crippen molar-refractivity contribution in [3.8, 4) is 29.4 Å². The van der Waals surface area contributed by atoms with Gasteiger partial charge >= 0.3 is 0 Å². The number of carbonyl (C=O) groups excluding carboxylic acids is 2. The molecule has 5 atom stereocenters. The number of aliphatic hydroxyl groups excluding tert-OH is 2. The molecule has 2 unspecified atom stereocenters. The molecule has 3 aliphatic rings. The lowest BCUT2D eigenvalue weighted by Gasteiger charge is -2.42. The highest BCUT2D eigenvalue weighted by molar-refractivity contribution is 6.31. The lowest BCUT2D eigenvalue weighted by atomic mass is 9.69. The second-order valence-electron chi connectivity index (χ2n) is 8.67. The van der Waals surface area contributed by atoms with Crippen molar-refractivity contribution in [2.24, 2.45) is 11.7 Å². The molecule has 2 aromatic carbocycles. The Labute approximate surface area is 196 Å². The summed E-state index contributed by atoms with van der Waals surface area (Å²) in [5, 5.41) is 35.8. The van der Waals surface area contributed by atoms with E-state index in [0.29, 0.717) is 16.8 Å². The predicted octanol–water partition coefficient (Wildman–Crippen LogP) is 1.44. The fraction of sp³-hybridized carbons (Fsp3) is 0.259. The van der Waals surface area contributed by atoms with E-state index in [2.05, 4.69) is 29.0 Å². The van der Waals surface area contributed by atoms with Crippen molar-refractivity contribution in [3.63, 3.8) is 0 Å². The minimum Gasteiger partial charge on any atom is -0.507 e. The number of fused-ring (bicyclic) bond motifs is 7. The maximum atomic E-state index is 13.7. The van der Waals surface area contributed by atoms with Gasteiger partial charge in [-0.1, -0.05) is 29.7 Å². The highest BCUT2D eigenvalue weighted by Crippen LogP contribution is 2.48. The van der Waals surface area contributed by atoms with Gasteiger partial charge in [-0.3, -0.25) is 9.59 Å². The Hall–Kier alpha value is -3.88. The van der Waals surface area contributed by atoms with E-state index >= 15 is 0 Å². The Morgan fingerprint density at radius 2 is 1.76 bits per heavy atom. The molecule has 2 bridgehead atoms. The monoisotopic (exact) mass is 454 g/mol. The van der Waals surface area contributed by atoms with Crippen LogP contribution in [0.1, 0.15) is 55.8 Å². The fourth-order valence-electron chi connectivity index (χ4n) is 5.14. The number of aliphatic hydroxyl groups is 2. The summed E-state index contributed by atoms with van der Waals surface area (Å²) in [6.07, 6.45) is 0.958. The second-order valence-corrected chi connectivity index (χ2v) is 8.67. The van der Waals surface area contributed by atoms with Gasteiger partial charge in [0.15, 0.2) is 11.6 Å². The van der Waals surface area contributed by atoms with Gasteiger partial charge < -0.3 is 26.4 Å². The van der Waals surface area contributed by atoms with Crippen LogP contribution < -0.4 is 11.1 Å². The van der Waals surface area contributed by atoms with Gasteiger partial charge in [0.1, 0.15) is 11.9 Å². The van der Waals surface area contributed by atoms with Gasteiger partial charge in [-0.25, -0.2) is 0 Å². The summed E-state index contributed by atoms with van der Waals surface area (Å²) in [6.45, 7) is 1.80. The number of nitrogens with one attached hydrogen (secondary N) is 1. The number of nitrogens with two attached hydrogens (primary N) is 1. The van der Waals surface area contributed by atoms with Crippen LogP contribution >= 0.6 is 0 Å². The molecule has 170 valence electrons. The molecule has 2 aromatic rings. The molecule has 0 radical (unpaired) electrons. The fourth-order valence-corrected chi connectivity index (χ4v) is 5.14. The van der Waals surface area contributed by atoms with Crippen molar-refractivity contribution in [2.45, 2.75) is 37.6 Å². The maximum Gasteiger partial charge on any atom is 0.198 e. The highest BCUT2D eigenvalue weighted by atomic mass is 16.3. The van der Waals surface area contributed by atoms with Gasteiger partial charge in [0.2, 0.25) is 0 Å². The van der Waals surface area contributed by atoms with Gasteiger partial charge in [0.05, 0.1) is 29.0 Å². The molecule has 0 fully saturated rings. The summed E-state index contributed by atoms with van der Waals surface area (Å²) in [6, 6.07) is 5.55. The Bertz CT molecular complexity index is 1400. The van der Waals surface area contributed by atoms with Gasteiger partial charge in [0.25, 0.3) is 0 Å². The van der Waals surface area contributed by atoms with Crippen molar-refractivity contribution in [1.29, 1.82) is 0 Å². The van der Waals surface area contributed by atoms with E-state index in [0.717, 1.165) is 0 Å². The molecule has 0 saturated carbocycles. The van der Waals surface area contributed by atoms with Gasteiger partial charge in [-0.15, -0.1) is 0 Å². The minimum absolute atomic E-state index is 0.0234. The average Bonchev–Trinajstić information content (AvgIpc) is 2.82. The Morgan fingerprint density at radius 1 is 1.06 bits per heavy atom. The Balaban J connectivity index is 1.80. The molecule has 0 amide bonds. The molecular weight excluding hydrogens is 432 g/mol. The smallest absolute Gasteiger partial charge is 0.198 e. The average molecular weight is 454 g/mol. The number of hydrogen-bond donors (Lipinski definition) is 5. The number of allylic oxidation sites excluding steroid dienone is 2. The van der Waals surface area contributed by atoms with E-state index in [1.54, 1.807) is 31.2 Å². The summed E-state index contributed by atoms with van der Waals surface area (Å²) in [5.41, 5.74) is 7.46. The summed E-state index contributed by atoms with van der Waals surface area (Å²) in [4.78, 5) is 27.1. The van der Waals surface area contributed by atoms with Gasteiger partial charge in [-0.05, 0) is 48.4 Å². The normalized spacial score (nSPS) is 25.8. The van der Waals surface area contributed by atoms with Crippen molar-refractivity contribution < 1.29 is 24.9 Å². The van der Waals surface area contributed by atoms with Crippen LogP contribution in [0.2, 0.25) is 0 Å². The molecule has 7 nitrogen and oxygen atoms in total. The molecule has 1 heterocycles. The molecule has 7 heteroatoms. The molecule has 1 aliphatic heterocycles. The topological polar surface area (TPSA) is 133 Å². The summed E-state index contributed by atoms with van der Waals surface area (Å²) in [5.74, 6) is 8.75. The van der Waals surface area contributed by atoms with Crippen LogP contribution in [0.15, 0.2) is 36.4 Å². The van der Waals surface area contributed by atoms with Crippen LogP contribution in [0.4, 0.5) is 5.69 Å². The van der Waals surface area contributed by atoms with Crippen molar-refractivity contribution in [1.82, 2.24) is 0 Å². The van der Waals surface area contributed by atoms with Crippen molar-refractivity contribution in [2.75, 3.05) is 5.32 Å². The molecular formula is C27H22N2O5. The van der Waals surface area contributed by atoms with E-state index in [-0.39, 0.29) is 34.5 Å². The molecule has 0 saturated heterocycles. The van der Waals surface area contributed by atoms with Crippen LogP contribution in [0.3, 0.4) is 0 Å². The lowest BCUT2D eigenvalue weighted by Crippen LogP contribution is -2.47. The molecule has 0 spiro atoms. The first-order valence-electron chi connectivity index (χ1n) is 11.0. The zero-order chi connectivity index (χ0) is 24.1. The van der Waals surface area contributed by atoms with Crippen LogP contribution in [-0.2, 0) is 6.54 Å². The quantitative estimate of drug-likeness (QED) is 0.292. The summed E-state index contributed by atoms with van der Waals surface area (Å²) >= 11 is 0. The first-order chi connectivity index (χ1) is 16.3. The van der Waals surface area contributed by atoms with Gasteiger partial charge in [-0.2, -0.15) is 0 Å². The summed E-state index contributed by atoms with van der Waals surface area (Å²) in [7, 11) is 0. The third-order valence-electron chi connectivity index (χ3n) is 6.68. The van der Waals surface area contributed by atoms with Gasteiger partial charge in [0, 0.05) is 29.5 Å². The number of carbonyl (C=O) groups is 2. The highest BCUT2D eigenvalue weighted by Gasteiger charge is 2.46. The van der Waals surface area contributed by atoms with Crippen LogP contribution in [-0.4, -0.2) is 45.1 Å². The predicted molar refractivity (Wildman–Crippen MR) is 125 cm³/mol. The van der Waals surface area contributed by atoms with E-state index in [1.807, 2.05) is 0 Å². The molecule has 34 heavy (non-hydrogen) atoms. The standard InChI is InChI=1S/C27H22N2O5/c1-13(30)21-18-6-4-2-3-5-7-19(31)22(21)17-11-20(32)23-24(25(17)29-18)27(34)16-10-14(12-28)8-9-15(16)26(23)33/h2-3,8-11,13,18-19,21-22,29-32H,12,28H2,1H3/b3-2-/t13-,18+,19-,21?,22?/m1/s1. The van der Waals surface area contributed by atoms with Crippen LogP contribution in [0, 0.1) is 29.6 Å². The number of benzene rings is 2. The van der Waals surface area contributed by atoms with E-state index in [1.165, 1.54) is 12.1 Å². The largest absolute Gasteiger partial charge is 0.507 e. The van der Waals surface area contributed by atoms with Crippen LogP contribution in [0.5, 0.6) is 5.75 Å². The zero-order valence-electron chi connectivity index (χ0n) is 18.3. The second kappa shape index (κ2) is 8.16. The Kier molecular flexibility index (Phi) is 5.27. The number of rotatable bonds is 2. The maximum absolute atomic E-state index is 13.7. The Morgan fingerprint density at radius 3 is 2.47 bits per heavy atom. The van der Waals surface area contributed by atoms with E-state index in [9.17, 15) is 24.9 Å². The van der Waals surface area contributed by atoms with E-state index in [4.69, 9.17) is 5.73 Å². The van der Waals surface area contributed by atoms with E-state index < -0.39 is 41.7 Å². The number of hydrogen-bond acceptors (Lipinski definition) is 7. The molecule has 5 rings (SSSR count). The number of phenolic OH excluding ortho intramolecular Hbond substituents is 1. The SMILES string of the molecule is C[C@@H](O)C1C2c3cc(O)c4c(c3N[C@H]1C#C/C=C\C#C[C@H]2O)C(=O)c1cc(CN)ccc1C4=O. The number of aromatic hydroxyl groups is 1. The zero-order valence-corrected chi connectivity index (χ0v) is 18.3. The lowest BCUT2D eigenvalue weighted by molar-refractivity contribution is 0.0646. The molecule has 0 aromatic heterocycles. The number of ketones is 2. The number of anilines is 1. The summed E-state index contributed by atoms with van der Waals surface area (Å²) < 4.78 is 0.